The van der Waals surface area contributed by atoms with Gasteiger partial charge in [-0.05, 0) is 41.0 Å². The Kier molecular flexibility index (Phi) is 7.73. The van der Waals surface area contributed by atoms with Crippen molar-refractivity contribution in [2.75, 3.05) is 19.7 Å². The van der Waals surface area contributed by atoms with Crippen molar-refractivity contribution in [2.45, 2.75) is 51.5 Å². The predicted molar refractivity (Wildman–Crippen MR) is 133 cm³/mol. The second-order valence-electron chi connectivity index (χ2n) is 9.71. The van der Waals surface area contributed by atoms with Gasteiger partial charge in [0.25, 0.3) is 0 Å². The largest absolute Gasteiger partial charge is 0.481 e. The average molecular weight is 479 g/mol. The van der Waals surface area contributed by atoms with Gasteiger partial charge >= 0.3 is 12.1 Å². The topological polar surface area (TPSA) is 95.9 Å². The fraction of sp³-hybridized carbons (Fsp3) is 0.464. The highest BCUT2D eigenvalue weighted by Crippen LogP contribution is 2.44. The van der Waals surface area contributed by atoms with E-state index in [2.05, 4.69) is 29.6 Å². The molecule has 1 aliphatic carbocycles. The van der Waals surface area contributed by atoms with E-state index in [0.717, 1.165) is 17.5 Å². The third-order valence-corrected chi connectivity index (χ3v) is 7.35. The molecule has 0 saturated carbocycles. The van der Waals surface area contributed by atoms with E-state index in [4.69, 9.17) is 4.74 Å². The van der Waals surface area contributed by atoms with E-state index < -0.39 is 18.0 Å². The molecule has 2 N–H and O–H groups in total. The van der Waals surface area contributed by atoms with Crippen molar-refractivity contribution in [3.05, 3.63) is 59.7 Å². The van der Waals surface area contributed by atoms with Crippen molar-refractivity contribution >= 4 is 18.0 Å². The molecule has 4 rings (SSSR count). The number of alkyl carbamates (subject to hydrolysis) is 1. The normalized spacial score (nSPS) is 20.0. The lowest BCUT2D eigenvalue weighted by molar-refractivity contribution is -0.148. The first kappa shape index (κ1) is 24.8. The van der Waals surface area contributed by atoms with Gasteiger partial charge in [0, 0.05) is 31.5 Å². The lowest BCUT2D eigenvalue weighted by Crippen LogP contribution is -2.48. The molecule has 2 aromatic carbocycles. The molecule has 0 aromatic heterocycles. The molecule has 0 radical (unpaired) electrons. The summed E-state index contributed by atoms with van der Waals surface area (Å²) in [5.41, 5.74) is 4.63. The van der Waals surface area contributed by atoms with Gasteiger partial charge in [0.15, 0.2) is 0 Å². The molecule has 1 aliphatic heterocycles. The summed E-state index contributed by atoms with van der Waals surface area (Å²) in [5.74, 6) is -1.52. The highest BCUT2D eigenvalue weighted by Gasteiger charge is 2.34. The van der Waals surface area contributed by atoms with Crippen LogP contribution in [-0.2, 0) is 14.3 Å². The van der Waals surface area contributed by atoms with Gasteiger partial charge < -0.3 is 20.1 Å². The van der Waals surface area contributed by atoms with Gasteiger partial charge in [0.05, 0.1) is 5.92 Å². The number of piperidine rings is 1. The molecule has 2 aliphatic rings. The van der Waals surface area contributed by atoms with Crippen molar-refractivity contribution < 1.29 is 24.2 Å². The van der Waals surface area contributed by atoms with Crippen LogP contribution in [0.1, 0.15) is 56.6 Å². The number of hydrogen-bond donors (Lipinski definition) is 2. The Morgan fingerprint density at radius 1 is 1.09 bits per heavy atom. The van der Waals surface area contributed by atoms with Gasteiger partial charge in [-0.25, -0.2) is 4.79 Å². The minimum absolute atomic E-state index is 0.0253. The second kappa shape index (κ2) is 10.9. The van der Waals surface area contributed by atoms with E-state index in [-0.39, 0.29) is 43.4 Å². The fourth-order valence-electron chi connectivity index (χ4n) is 5.34. The first-order chi connectivity index (χ1) is 16.9. The van der Waals surface area contributed by atoms with E-state index in [0.29, 0.717) is 19.4 Å². The zero-order valence-electron chi connectivity index (χ0n) is 20.4. The van der Waals surface area contributed by atoms with Crippen LogP contribution in [0.5, 0.6) is 0 Å². The minimum Gasteiger partial charge on any atom is -0.481 e. The number of aliphatic carboxylic acids is 1. The third kappa shape index (κ3) is 5.50. The van der Waals surface area contributed by atoms with Crippen LogP contribution >= 0.6 is 0 Å². The maximum absolute atomic E-state index is 12.9. The SMILES string of the molecule is CCC[C@H](CC(=O)N1CCC(C)C(C(=O)O)C1)NC(=O)OCC1c2ccccc2-c2ccccc21. The van der Waals surface area contributed by atoms with Crippen molar-refractivity contribution in [1.29, 1.82) is 0 Å². The van der Waals surface area contributed by atoms with Crippen molar-refractivity contribution in [1.82, 2.24) is 10.2 Å². The van der Waals surface area contributed by atoms with E-state index in [1.165, 1.54) is 11.1 Å². The summed E-state index contributed by atoms with van der Waals surface area (Å²) >= 11 is 0. The zero-order valence-corrected chi connectivity index (χ0v) is 20.4. The van der Waals surface area contributed by atoms with Gasteiger partial charge in [-0.3, -0.25) is 9.59 Å². The number of fused-ring (bicyclic) bond motifs is 3. The molecule has 7 nitrogen and oxygen atoms in total. The van der Waals surface area contributed by atoms with Gasteiger partial charge in [0.1, 0.15) is 6.61 Å². The number of nitrogens with zero attached hydrogens (tertiary/aromatic N) is 1. The number of amides is 2. The van der Waals surface area contributed by atoms with Crippen molar-refractivity contribution in [2.24, 2.45) is 11.8 Å². The molecule has 7 heteroatoms. The number of hydrogen-bond acceptors (Lipinski definition) is 4. The Morgan fingerprint density at radius 3 is 2.31 bits per heavy atom. The Morgan fingerprint density at radius 2 is 1.71 bits per heavy atom. The molecule has 1 saturated heterocycles. The molecule has 0 bridgehead atoms. The summed E-state index contributed by atoms with van der Waals surface area (Å²) < 4.78 is 5.65. The molecule has 0 spiro atoms. The van der Waals surface area contributed by atoms with Crippen LogP contribution in [0, 0.1) is 11.8 Å². The van der Waals surface area contributed by atoms with Crippen molar-refractivity contribution in [3.63, 3.8) is 0 Å². The summed E-state index contributed by atoms with van der Waals surface area (Å²) in [7, 11) is 0. The Labute approximate surface area is 206 Å². The number of benzene rings is 2. The lowest BCUT2D eigenvalue weighted by atomic mass is 9.87. The summed E-state index contributed by atoms with van der Waals surface area (Å²) in [6.07, 6.45) is 1.72. The first-order valence-corrected chi connectivity index (χ1v) is 12.5. The van der Waals surface area contributed by atoms with E-state index >= 15 is 0 Å². The Hall–Kier alpha value is -3.35. The number of carbonyl (C=O) groups is 3. The molecule has 1 fully saturated rings. The smallest absolute Gasteiger partial charge is 0.407 e. The monoisotopic (exact) mass is 478 g/mol. The zero-order chi connectivity index (χ0) is 24.9. The molecule has 186 valence electrons. The maximum atomic E-state index is 12.9. The predicted octanol–water partition coefficient (Wildman–Crippen LogP) is 4.65. The molecule has 35 heavy (non-hydrogen) atoms. The van der Waals surface area contributed by atoms with Crippen LogP contribution in [0.4, 0.5) is 4.79 Å². The van der Waals surface area contributed by atoms with Crippen molar-refractivity contribution in [3.8, 4) is 11.1 Å². The number of rotatable bonds is 8. The molecule has 2 unspecified atom stereocenters. The van der Waals surface area contributed by atoms with Crippen LogP contribution in [0.3, 0.4) is 0 Å². The first-order valence-electron chi connectivity index (χ1n) is 12.5. The van der Waals surface area contributed by atoms with Crippen LogP contribution in [0.15, 0.2) is 48.5 Å². The van der Waals surface area contributed by atoms with Gasteiger partial charge in [0.2, 0.25) is 5.91 Å². The van der Waals surface area contributed by atoms with E-state index in [1.54, 1.807) is 4.90 Å². The van der Waals surface area contributed by atoms with Crippen LogP contribution in [0.25, 0.3) is 11.1 Å². The van der Waals surface area contributed by atoms with Gasteiger partial charge in [-0.2, -0.15) is 0 Å². The molecular formula is C28H34N2O5. The number of carboxylic acids is 1. The quantitative estimate of drug-likeness (QED) is 0.576. The molecule has 1 heterocycles. The highest BCUT2D eigenvalue weighted by molar-refractivity contribution is 5.80. The summed E-state index contributed by atoms with van der Waals surface area (Å²) in [5, 5.41) is 12.3. The Bertz CT molecular complexity index is 1040. The number of carbonyl (C=O) groups excluding carboxylic acids is 2. The molecule has 2 aromatic rings. The van der Waals surface area contributed by atoms with Crippen LogP contribution in [0.2, 0.25) is 0 Å². The summed E-state index contributed by atoms with van der Waals surface area (Å²) in [6, 6.07) is 16.0. The number of nitrogens with one attached hydrogen (secondary N) is 1. The highest BCUT2D eigenvalue weighted by atomic mass is 16.5. The summed E-state index contributed by atoms with van der Waals surface area (Å²) in [4.78, 5) is 38.8. The molecule has 2 amide bonds. The number of ether oxygens (including phenoxy) is 1. The standard InChI is InChI=1S/C28H34N2O5/c1-3-8-19(15-26(31)30-14-13-18(2)24(16-30)27(32)33)29-28(34)35-17-25-22-11-6-4-9-20(22)21-10-5-7-12-23(21)25/h4-7,9-12,18-19,24-25H,3,8,13-17H2,1-2H3,(H,29,34)(H,32,33)/t18?,19-,24?/m1/s1. The lowest BCUT2D eigenvalue weighted by Gasteiger charge is -2.35. The van der Waals surface area contributed by atoms with Crippen LogP contribution in [-0.4, -0.2) is 53.7 Å². The molecule has 3 atom stereocenters. The third-order valence-electron chi connectivity index (χ3n) is 7.35. The van der Waals surface area contributed by atoms with E-state index in [1.807, 2.05) is 38.1 Å². The minimum atomic E-state index is -0.864. The maximum Gasteiger partial charge on any atom is 0.407 e. The molecular weight excluding hydrogens is 444 g/mol. The number of likely N-dealkylation sites (tertiary alicyclic amines) is 1. The fourth-order valence-corrected chi connectivity index (χ4v) is 5.34. The van der Waals surface area contributed by atoms with E-state index in [9.17, 15) is 19.5 Å². The average Bonchev–Trinajstić information content (AvgIpc) is 3.16. The summed E-state index contributed by atoms with van der Waals surface area (Å²) in [6.45, 7) is 4.91. The number of carboxylic acid groups (broad SMARTS) is 1. The van der Waals surface area contributed by atoms with Gasteiger partial charge in [-0.1, -0.05) is 68.8 Å². The van der Waals surface area contributed by atoms with Crippen LogP contribution < -0.4 is 5.32 Å². The second-order valence-corrected chi connectivity index (χ2v) is 9.71. The van der Waals surface area contributed by atoms with Gasteiger partial charge in [-0.15, -0.1) is 0 Å². The Balaban J connectivity index is 1.35.